The molecule has 4 nitrogen and oxygen atoms in total. The summed E-state index contributed by atoms with van der Waals surface area (Å²) < 4.78 is 2.03. The van der Waals surface area contributed by atoms with Gasteiger partial charge in [-0.05, 0) is 32.0 Å². The fraction of sp³-hybridized carbons (Fsp3) is 0.462. The fourth-order valence-corrected chi connectivity index (χ4v) is 2.09. The second kappa shape index (κ2) is 4.47. The van der Waals surface area contributed by atoms with Crippen molar-refractivity contribution in [1.29, 1.82) is 0 Å². The Labute approximate surface area is 101 Å². The molecule has 1 heterocycles. The quantitative estimate of drug-likeness (QED) is 0.834. The molecule has 0 saturated heterocycles. The number of imidazole rings is 1. The number of aliphatic hydroxyl groups is 1. The molecule has 2 aromatic rings. The van der Waals surface area contributed by atoms with Crippen molar-refractivity contribution < 1.29 is 5.11 Å². The monoisotopic (exact) mass is 233 g/mol. The largest absolute Gasteiger partial charge is 0.390 e. The van der Waals surface area contributed by atoms with Crippen LogP contribution in [0, 0.1) is 0 Å². The number of hydrogen-bond donors (Lipinski definition) is 2. The Hall–Kier alpha value is -1.39. The molecule has 0 aliphatic heterocycles. The minimum absolute atomic E-state index is 0.483. The van der Waals surface area contributed by atoms with Crippen LogP contribution in [0.25, 0.3) is 11.0 Å². The van der Waals surface area contributed by atoms with Crippen LogP contribution in [0.3, 0.4) is 0 Å². The standard InChI is InChI=1S/C13H19N3O/c1-13(17,7-8-14)9-12-15-10-5-3-4-6-11(10)16(12)2/h3-6,17H,7-9,14H2,1-2H3. The van der Waals surface area contributed by atoms with Gasteiger partial charge in [-0.3, -0.25) is 0 Å². The van der Waals surface area contributed by atoms with Gasteiger partial charge in [-0.2, -0.15) is 0 Å². The fourth-order valence-electron chi connectivity index (χ4n) is 2.09. The Kier molecular flexibility index (Phi) is 3.17. The number of fused-ring (bicyclic) bond motifs is 1. The van der Waals surface area contributed by atoms with E-state index in [4.69, 9.17) is 5.73 Å². The Morgan fingerprint density at radius 1 is 1.41 bits per heavy atom. The van der Waals surface area contributed by atoms with Crippen LogP contribution in [0.4, 0.5) is 0 Å². The van der Waals surface area contributed by atoms with Gasteiger partial charge in [0, 0.05) is 13.5 Å². The van der Waals surface area contributed by atoms with Gasteiger partial charge < -0.3 is 15.4 Å². The zero-order valence-electron chi connectivity index (χ0n) is 10.3. The maximum Gasteiger partial charge on any atom is 0.112 e. The zero-order valence-corrected chi connectivity index (χ0v) is 10.3. The third kappa shape index (κ3) is 2.48. The lowest BCUT2D eigenvalue weighted by molar-refractivity contribution is 0.0513. The number of hydrogen-bond acceptors (Lipinski definition) is 3. The van der Waals surface area contributed by atoms with Crippen LogP contribution in [0.5, 0.6) is 0 Å². The summed E-state index contributed by atoms with van der Waals surface area (Å²) in [5.41, 5.74) is 6.76. The first-order valence-corrected chi connectivity index (χ1v) is 5.86. The first kappa shape index (κ1) is 12.1. The van der Waals surface area contributed by atoms with Crippen LogP contribution < -0.4 is 5.73 Å². The first-order valence-electron chi connectivity index (χ1n) is 5.86. The number of nitrogens with zero attached hydrogens (tertiary/aromatic N) is 2. The number of benzene rings is 1. The lowest BCUT2D eigenvalue weighted by atomic mass is 9.98. The smallest absolute Gasteiger partial charge is 0.112 e. The first-order chi connectivity index (χ1) is 8.03. The highest BCUT2D eigenvalue weighted by molar-refractivity contribution is 5.75. The molecule has 0 amide bonds. The Bertz CT molecular complexity index is 516. The van der Waals surface area contributed by atoms with E-state index in [9.17, 15) is 5.11 Å². The van der Waals surface area contributed by atoms with E-state index in [1.807, 2.05) is 35.9 Å². The molecule has 0 bridgehead atoms. The van der Waals surface area contributed by atoms with Crippen LogP contribution >= 0.6 is 0 Å². The van der Waals surface area contributed by atoms with Crippen molar-refractivity contribution in [2.24, 2.45) is 12.8 Å². The van der Waals surface area contributed by atoms with Crippen LogP contribution in [-0.2, 0) is 13.5 Å². The molecule has 0 aliphatic carbocycles. The summed E-state index contributed by atoms with van der Waals surface area (Å²) in [5.74, 6) is 0.893. The molecule has 0 saturated carbocycles. The van der Waals surface area contributed by atoms with Gasteiger partial charge in [0.2, 0.25) is 0 Å². The van der Waals surface area contributed by atoms with Gasteiger partial charge in [0.1, 0.15) is 5.82 Å². The zero-order chi connectivity index (χ0) is 12.5. The summed E-state index contributed by atoms with van der Waals surface area (Å²) in [6, 6.07) is 7.98. The Morgan fingerprint density at radius 2 is 2.12 bits per heavy atom. The molecule has 1 atom stereocenters. The van der Waals surface area contributed by atoms with Crippen molar-refractivity contribution in [3.8, 4) is 0 Å². The van der Waals surface area contributed by atoms with E-state index in [0.717, 1.165) is 16.9 Å². The van der Waals surface area contributed by atoms with E-state index in [0.29, 0.717) is 19.4 Å². The molecule has 1 aromatic carbocycles. The molecule has 0 spiro atoms. The number of aromatic nitrogens is 2. The normalized spacial score (nSPS) is 15.1. The number of nitrogens with two attached hydrogens (primary N) is 1. The highest BCUT2D eigenvalue weighted by atomic mass is 16.3. The summed E-state index contributed by atoms with van der Waals surface area (Å²) >= 11 is 0. The number of rotatable bonds is 4. The van der Waals surface area contributed by atoms with E-state index < -0.39 is 5.60 Å². The van der Waals surface area contributed by atoms with Crippen LogP contribution in [0.2, 0.25) is 0 Å². The lowest BCUT2D eigenvalue weighted by Gasteiger charge is -2.21. The Balaban J connectivity index is 2.33. The van der Waals surface area contributed by atoms with Gasteiger partial charge in [-0.25, -0.2) is 4.98 Å². The lowest BCUT2D eigenvalue weighted by Crippen LogP contribution is -2.31. The maximum absolute atomic E-state index is 10.2. The van der Waals surface area contributed by atoms with Crippen LogP contribution in [0.1, 0.15) is 19.2 Å². The summed E-state index contributed by atoms with van der Waals surface area (Å²) in [5, 5.41) is 10.2. The van der Waals surface area contributed by atoms with E-state index in [1.165, 1.54) is 0 Å². The average molecular weight is 233 g/mol. The molecule has 1 unspecified atom stereocenters. The van der Waals surface area contributed by atoms with Gasteiger partial charge >= 0.3 is 0 Å². The second-order valence-corrected chi connectivity index (χ2v) is 4.79. The predicted octanol–water partition coefficient (Wildman–Crippen LogP) is 1.22. The Morgan fingerprint density at radius 3 is 2.76 bits per heavy atom. The van der Waals surface area contributed by atoms with E-state index in [-0.39, 0.29) is 0 Å². The molecule has 4 heteroatoms. The van der Waals surface area contributed by atoms with Crippen molar-refractivity contribution >= 4 is 11.0 Å². The highest BCUT2D eigenvalue weighted by Crippen LogP contribution is 2.20. The average Bonchev–Trinajstić information content (AvgIpc) is 2.56. The topological polar surface area (TPSA) is 64.1 Å². The van der Waals surface area contributed by atoms with Crippen molar-refractivity contribution in [2.45, 2.75) is 25.4 Å². The van der Waals surface area contributed by atoms with E-state index >= 15 is 0 Å². The second-order valence-electron chi connectivity index (χ2n) is 4.79. The summed E-state index contributed by atoms with van der Waals surface area (Å²) in [6.07, 6.45) is 1.10. The summed E-state index contributed by atoms with van der Waals surface area (Å²) in [7, 11) is 1.98. The van der Waals surface area contributed by atoms with Crippen molar-refractivity contribution in [3.63, 3.8) is 0 Å². The molecule has 3 N–H and O–H groups in total. The minimum Gasteiger partial charge on any atom is -0.390 e. The third-order valence-corrected chi connectivity index (χ3v) is 3.10. The minimum atomic E-state index is -0.788. The summed E-state index contributed by atoms with van der Waals surface area (Å²) in [4.78, 5) is 4.54. The van der Waals surface area contributed by atoms with Crippen molar-refractivity contribution in [1.82, 2.24) is 9.55 Å². The van der Waals surface area contributed by atoms with E-state index in [1.54, 1.807) is 6.92 Å². The maximum atomic E-state index is 10.2. The molecule has 0 radical (unpaired) electrons. The number of aryl methyl sites for hydroxylation is 1. The molecular formula is C13H19N3O. The number of para-hydroxylation sites is 2. The molecule has 92 valence electrons. The van der Waals surface area contributed by atoms with Crippen molar-refractivity contribution in [2.75, 3.05) is 6.54 Å². The molecule has 0 aliphatic rings. The molecule has 1 aromatic heterocycles. The predicted molar refractivity (Wildman–Crippen MR) is 68.7 cm³/mol. The van der Waals surface area contributed by atoms with Gasteiger partial charge in [0.25, 0.3) is 0 Å². The van der Waals surface area contributed by atoms with Crippen molar-refractivity contribution in [3.05, 3.63) is 30.1 Å². The molecule has 0 fully saturated rings. The molecular weight excluding hydrogens is 214 g/mol. The SMILES string of the molecule is Cn1c(CC(C)(O)CCN)nc2ccccc21. The molecule has 2 rings (SSSR count). The third-order valence-electron chi connectivity index (χ3n) is 3.10. The van der Waals surface area contributed by atoms with Crippen LogP contribution in [0.15, 0.2) is 24.3 Å². The summed E-state index contributed by atoms with van der Waals surface area (Å²) in [6.45, 7) is 2.29. The van der Waals surface area contributed by atoms with E-state index in [2.05, 4.69) is 4.98 Å². The van der Waals surface area contributed by atoms with Gasteiger partial charge in [0.15, 0.2) is 0 Å². The highest BCUT2D eigenvalue weighted by Gasteiger charge is 2.22. The van der Waals surface area contributed by atoms with Gasteiger partial charge in [0.05, 0.1) is 16.6 Å². The van der Waals surface area contributed by atoms with Crippen LogP contribution in [-0.4, -0.2) is 26.8 Å². The molecule has 17 heavy (non-hydrogen) atoms. The van der Waals surface area contributed by atoms with Gasteiger partial charge in [-0.15, -0.1) is 0 Å². The van der Waals surface area contributed by atoms with Gasteiger partial charge in [-0.1, -0.05) is 12.1 Å².